The number of halogens is 1. The van der Waals surface area contributed by atoms with E-state index >= 15 is 0 Å². The third-order valence-electron chi connectivity index (χ3n) is 4.47. The second kappa shape index (κ2) is 6.15. The number of rotatable bonds is 4. The predicted octanol–water partition coefficient (Wildman–Crippen LogP) is 3.15. The van der Waals surface area contributed by atoms with Crippen molar-refractivity contribution in [2.45, 2.75) is 33.2 Å². The topological polar surface area (TPSA) is 41.1 Å². The van der Waals surface area contributed by atoms with Gasteiger partial charge in [-0.05, 0) is 37.4 Å². The van der Waals surface area contributed by atoms with Crippen LogP contribution in [0.5, 0.6) is 0 Å². The van der Waals surface area contributed by atoms with Crippen molar-refractivity contribution in [2.75, 3.05) is 13.1 Å². The van der Waals surface area contributed by atoms with E-state index in [-0.39, 0.29) is 17.4 Å². The van der Waals surface area contributed by atoms with Gasteiger partial charge in [0.05, 0.1) is 11.5 Å². The monoisotopic (exact) mass is 294 g/mol. The van der Waals surface area contributed by atoms with Gasteiger partial charge < -0.3 is 10.6 Å². The second-order valence-corrected chi connectivity index (χ2v) is 6.36. The van der Waals surface area contributed by atoms with Crippen LogP contribution in [0.1, 0.15) is 38.8 Å². The van der Waals surface area contributed by atoms with Gasteiger partial charge in [-0.1, -0.05) is 43.6 Å². The summed E-state index contributed by atoms with van der Waals surface area (Å²) in [7, 11) is 0. The first kappa shape index (κ1) is 15.3. The van der Waals surface area contributed by atoms with E-state index in [0.29, 0.717) is 10.9 Å². The van der Waals surface area contributed by atoms with Crippen LogP contribution in [0.15, 0.2) is 24.3 Å². The lowest BCUT2D eigenvalue weighted by atomic mass is 9.75. The van der Waals surface area contributed by atoms with E-state index < -0.39 is 0 Å². The fourth-order valence-corrected chi connectivity index (χ4v) is 3.20. The fraction of sp³-hybridized carbons (Fsp3) is 0.562. The lowest BCUT2D eigenvalue weighted by Crippen LogP contribution is -2.46. The fourth-order valence-electron chi connectivity index (χ4n) is 2.90. The van der Waals surface area contributed by atoms with Gasteiger partial charge in [-0.2, -0.15) is 0 Å². The molecule has 1 aromatic carbocycles. The molecule has 4 heteroatoms. The van der Waals surface area contributed by atoms with Crippen LogP contribution in [0.3, 0.4) is 0 Å². The average molecular weight is 295 g/mol. The van der Waals surface area contributed by atoms with Gasteiger partial charge in [0.1, 0.15) is 0 Å². The van der Waals surface area contributed by atoms with E-state index in [1.165, 1.54) is 0 Å². The molecular weight excluding hydrogens is 272 g/mol. The molecule has 1 aromatic rings. The smallest absolute Gasteiger partial charge is 0.228 e. The molecule has 1 heterocycles. The Labute approximate surface area is 126 Å². The molecule has 1 aliphatic rings. The molecule has 0 aromatic heterocycles. The summed E-state index contributed by atoms with van der Waals surface area (Å²) in [4.78, 5) is 12.7. The minimum absolute atomic E-state index is 0.0765. The Morgan fingerprint density at radius 1 is 1.35 bits per heavy atom. The van der Waals surface area contributed by atoms with Gasteiger partial charge in [0.15, 0.2) is 0 Å². The molecule has 2 rings (SSSR count). The molecule has 0 saturated carbocycles. The van der Waals surface area contributed by atoms with E-state index in [2.05, 4.69) is 24.5 Å². The Morgan fingerprint density at radius 2 is 2.05 bits per heavy atom. The van der Waals surface area contributed by atoms with Crippen LogP contribution in [-0.2, 0) is 4.79 Å². The van der Waals surface area contributed by atoms with Crippen molar-refractivity contribution in [1.29, 1.82) is 0 Å². The van der Waals surface area contributed by atoms with E-state index in [9.17, 15) is 4.79 Å². The molecule has 0 radical (unpaired) electrons. The summed E-state index contributed by atoms with van der Waals surface area (Å²) in [6.07, 6.45) is 0.895. The summed E-state index contributed by atoms with van der Waals surface area (Å²) >= 11 is 6.20. The van der Waals surface area contributed by atoms with Crippen LogP contribution in [0.25, 0.3) is 0 Å². The summed E-state index contributed by atoms with van der Waals surface area (Å²) in [6.45, 7) is 7.88. The van der Waals surface area contributed by atoms with Crippen LogP contribution in [0.2, 0.25) is 5.02 Å². The minimum atomic E-state index is -0.296. The molecule has 0 bridgehead atoms. The maximum atomic E-state index is 12.7. The molecular formula is C16H23ClN2O. The third kappa shape index (κ3) is 2.84. The van der Waals surface area contributed by atoms with E-state index in [0.717, 1.165) is 25.1 Å². The Kier molecular flexibility index (Phi) is 4.71. The largest absolute Gasteiger partial charge is 0.349 e. The van der Waals surface area contributed by atoms with Crippen LogP contribution < -0.4 is 10.6 Å². The molecule has 110 valence electrons. The van der Waals surface area contributed by atoms with E-state index in [1.807, 2.05) is 31.2 Å². The lowest BCUT2D eigenvalue weighted by molar-refractivity contribution is -0.133. The summed E-state index contributed by atoms with van der Waals surface area (Å²) in [5.41, 5.74) is 0.669. The normalized spacial score (nSPS) is 23.9. The number of hydrogen-bond acceptors (Lipinski definition) is 2. The van der Waals surface area contributed by atoms with Crippen molar-refractivity contribution in [3.05, 3.63) is 34.9 Å². The molecule has 0 aliphatic carbocycles. The quantitative estimate of drug-likeness (QED) is 0.896. The zero-order valence-electron chi connectivity index (χ0n) is 12.4. The molecule has 1 aliphatic heterocycles. The maximum absolute atomic E-state index is 12.7. The van der Waals surface area contributed by atoms with Gasteiger partial charge >= 0.3 is 0 Å². The number of carbonyl (C=O) groups excluding carboxylic acids is 1. The van der Waals surface area contributed by atoms with Crippen LogP contribution in [-0.4, -0.2) is 19.0 Å². The van der Waals surface area contributed by atoms with Crippen molar-refractivity contribution in [3.8, 4) is 0 Å². The van der Waals surface area contributed by atoms with Crippen molar-refractivity contribution in [3.63, 3.8) is 0 Å². The van der Waals surface area contributed by atoms with E-state index in [1.54, 1.807) is 0 Å². The van der Waals surface area contributed by atoms with Crippen molar-refractivity contribution < 1.29 is 4.79 Å². The van der Waals surface area contributed by atoms with Gasteiger partial charge in [0, 0.05) is 11.6 Å². The Balaban J connectivity index is 2.13. The van der Waals surface area contributed by atoms with Gasteiger partial charge in [0.25, 0.3) is 0 Å². The van der Waals surface area contributed by atoms with Gasteiger partial charge in [-0.3, -0.25) is 4.79 Å². The van der Waals surface area contributed by atoms with Crippen molar-refractivity contribution in [2.24, 2.45) is 11.3 Å². The highest BCUT2D eigenvalue weighted by atomic mass is 35.5. The Hall–Kier alpha value is -1.06. The molecule has 1 saturated heterocycles. The van der Waals surface area contributed by atoms with E-state index in [4.69, 9.17) is 11.6 Å². The molecule has 3 nitrogen and oxygen atoms in total. The molecule has 0 spiro atoms. The number of benzene rings is 1. The predicted molar refractivity (Wildman–Crippen MR) is 82.8 cm³/mol. The summed E-state index contributed by atoms with van der Waals surface area (Å²) in [5, 5.41) is 7.15. The maximum Gasteiger partial charge on any atom is 0.228 e. The first-order chi connectivity index (χ1) is 9.47. The summed E-state index contributed by atoms with van der Waals surface area (Å²) < 4.78 is 0. The highest BCUT2D eigenvalue weighted by molar-refractivity contribution is 6.31. The molecule has 20 heavy (non-hydrogen) atoms. The first-order valence-corrected chi connectivity index (χ1v) is 7.61. The third-order valence-corrected chi connectivity index (χ3v) is 4.81. The van der Waals surface area contributed by atoms with Crippen LogP contribution >= 0.6 is 11.6 Å². The summed E-state index contributed by atoms with van der Waals surface area (Å²) in [6, 6.07) is 7.58. The standard InChI is InChI=1S/C16H23ClN2O/c1-11(2)16(8-9-18-10-16)15(20)19-12(3)13-6-4-5-7-14(13)17/h4-7,11-12,18H,8-10H2,1-3H3,(H,19,20)/t12-,16?/m0/s1. The van der Waals surface area contributed by atoms with Crippen LogP contribution in [0.4, 0.5) is 0 Å². The van der Waals surface area contributed by atoms with Crippen molar-refractivity contribution >= 4 is 17.5 Å². The van der Waals surface area contributed by atoms with Crippen molar-refractivity contribution in [1.82, 2.24) is 10.6 Å². The summed E-state index contributed by atoms with van der Waals surface area (Å²) in [5.74, 6) is 0.445. The zero-order chi connectivity index (χ0) is 14.8. The zero-order valence-corrected chi connectivity index (χ0v) is 13.1. The molecule has 2 N–H and O–H groups in total. The van der Waals surface area contributed by atoms with Crippen LogP contribution in [0, 0.1) is 11.3 Å². The highest BCUT2D eigenvalue weighted by Gasteiger charge is 2.44. The number of hydrogen-bond donors (Lipinski definition) is 2. The van der Waals surface area contributed by atoms with Gasteiger partial charge in [-0.25, -0.2) is 0 Å². The lowest BCUT2D eigenvalue weighted by Gasteiger charge is -2.32. The number of carbonyl (C=O) groups is 1. The Morgan fingerprint density at radius 3 is 2.60 bits per heavy atom. The average Bonchev–Trinajstić information content (AvgIpc) is 2.89. The molecule has 1 amide bonds. The van der Waals surface area contributed by atoms with Gasteiger partial charge in [0.2, 0.25) is 5.91 Å². The second-order valence-electron chi connectivity index (χ2n) is 5.95. The SMILES string of the molecule is CC(C)C1(C(=O)N[C@@H](C)c2ccccc2Cl)CCNC1. The first-order valence-electron chi connectivity index (χ1n) is 7.23. The number of amides is 1. The Bertz CT molecular complexity index is 481. The molecule has 1 fully saturated rings. The minimum Gasteiger partial charge on any atom is -0.349 e. The number of nitrogens with one attached hydrogen (secondary N) is 2. The molecule has 1 unspecified atom stereocenters. The molecule has 2 atom stereocenters. The van der Waals surface area contributed by atoms with Gasteiger partial charge in [-0.15, -0.1) is 0 Å². The highest BCUT2D eigenvalue weighted by Crippen LogP contribution is 2.35.